The number of nitrogens with zero attached hydrogens (tertiary/aromatic N) is 1. The summed E-state index contributed by atoms with van der Waals surface area (Å²) in [5.41, 5.74) is 4.18. The Morgan fingerprint density at radius 1 is 1.23 bits per heavy atom. The number of aromatic nitrogens is 2. The number of hydrogen-bond donors (Lipinski definition) is 4. The lowest BCUT2D eigenvalue weighted by atomic mass is 10.1. The first-order valence-corrected chi connectivity index (χ1v) is 8.61. The number of fused-ring (bicyclic) bond motifs is 1. The third-order valence-corrected chi connectivity index (χ3v) is 4.19. The minimum Gasteiger partial charge on any atom is -0.347 e. The summed E-state index contributed by atoms with van der Waals surface area (Å²) in [7, 11) is 0. The standard InChI is InChI=1S/C18H23N5O2.ClH/c1-2-3-16(24)21-13-6-4-12(5-7-13)10-20-18(25)17-14-11-19-9-8-15(14)22-23-17;/h4-7,19H,2-3,8-11H2,1H3,(H,20,25)(H,21,24)(H,22,23);1H. The zero-order valence-corrected chi connectivity index (χ0v) is 15.5. The van der Waals surface area contributed by atoms with Gasteiger partial charge in [0.25, 0.3) is 5.91 Å². The highest BCUT2D eigenvalue weighted by molar-refractivity contribution is 5.94. The molecule has 0 saturated carbocycles. The van der Waals surface area contributed by atoms with Crippen LogP contribution in [-0.4, -0.2) is 28.6 Å². The molecule has 2 amide bonds. The van der Waals surface area contributed by atoms with Gasteiger partial charge in [0.15, 0.2) is 5.69 Å². The first kappa shape index (κ1) is 19.9. The zero-order chi connectivity index (χ0) is 17.6. The first-order chi connectivity index (χ1) is 12.2. The normalized spacial score (nSPS) is 12.7. The number of H-pyrrole nitrogens is 1. The summed E-state index contributed by atoms with van der Waals surface area (Å²) in [6.07, 6.45) is 2.20. The van der Waals surface area contributed by atoms with Crippen molar-refractivity contribution in [3.63, 3.8) is 0 Å². The van der Waals surface area contributed by atoms with E-state index in [0.717, 1.165) is 41.9 Å². The molecule has 2 heterocycles. The van der Waals surface area contributed by atoms with Gasteiger partial charge in [0, 0.05) is 49.4 Å². The number of carbonyl (C=O) groups is 2. The molecule has 8 heteroatoms. The molecule has 140 valence electrons. The van der Waals surface area contributed by atoms with E-state index in [-0.39, 0.29) is 24.2 Å². The van der Waals surface area contributed by atoms with Crippen LogP contribution in [0.25, 0.3) is 0 Å². The molecule has 0 fully saturated rings. The Labute approximate surface area is 158 Å². The van der Waals surface area contributed by atoms with Crippen molar-refractivity contribution in [1.82, 2.24) is 20.8 Å². The van der Waals surface area contributed by atoms with Crippen LogP contribution >= 0.6 is 12.4 Å². The second-order valence-electron chi connectivity index (χ2n) is 6.13. The second kappa shape index (κ2) is 9.35. The number of carbonyl (C=O) groups excluding carboxylic acids is 2. The van der Waals surface area contributed by atoms with E-state index in [1.165, 1.54) is 0 Å². The molecule has 2 aromatic rings. The van der Waals surface area contributed by atoms with Crippen LogP contribution < -0.4 is 16.0 Å². The van der Waals surface area contributed by atoms with E-state index in [1.54, 1.807) is 0 Å². The van der Waals surface area contributed by atoms with Gasteiger partial charge >= 0.3 is 0 Å². The fraction of sp³-hybridized carbons (Fsp3) is 0.389. The van der Waals surface area contributed by atoms with Crippen molar-refractivity contribution >= 4 is 29.9 Å². The number of aromatic amines is 1. The predicted molar refractivity (Wildman–Crippen MR) is 102 cm³/mol. The average Bonchev–Trinajstić information content (AvgIpc) is 3.05. The van der Waals surface area contributed by atoms with Crippen LogP contribution in [0.3, 0.4) is 0 Å². The Morgan fingerprint density at radius 2 is 2.00 bits per heavy atom. The monoisotopic (exact) mass is 377 g/mol. The van der Waals surface area contributed by atoms with Crippen molar-refractivity contribution in [3.8, 4) is 0 Å². The Kier molecular flexibility index (Phi) is 7.17. The number of hydrogen-bond acceptors (Lipinski definition) is 4. The summed E-state index contributed by atoms with van der Waals surface area (Å²) in [6, 6.07) is 7.47. The Bertz CT molecular complexity index is 757. The lowest BCUT2D eigenvalue weighted by molar-refractivity contribution is -0.116. The van der Waals surface area contributed by atoms with Crippen molar-refractivity contribution in [1.29, 1.82) is 0 Å². The summed E-state index contributed by atoms with van der Waals surface area (Å²) in [5, 5.41) is 16.1. The summed E-state index contributed by atoms with van der Waals surface area (Å²) in [6.45, 7) is 3.95. The molecule has 0 unspecified atom stereocenters. The van der Waals surface area contributed by atoms with E-state index in [2.05, 4.69) is 26.1 Å². The Hall–Kier alpha value is -2.38. The van der Waals surface area contributed by atoms with E-state index >= 15 is 0 Å². The van der Waals surface area contributed by atoms with E-state index < -0.39 is 0 Å². The highest BCUT2D eigenvalue weighted by Gasteiger charge is 2.21. The van der Waals surface area contributed by atoms with Gasteiger partial charge in [-0.2, -0.15) is 5.10 Å². The molecule has 1 aromatic carbocycles. The molecule has 1 aromatic heterocycles. The molecule has 0 radical (unpaired) electrons. The zero-order valence-electron chi connectivity index (χ0n) is 14.7. The van der Waals surface area contributed by atoms with Gasteiger partial charge in [0.2, 0.25) is 5.91 Å². The summed E-state index contributed by atoms with van der Waals surface area (Å²) in [4.78, 5) is 23.9. The molecule has 3 rings (SSSR count). The number of benzene rings is 1. The van der Waals surface area contributed by atoms with E-state index in [9.17, 15) is 9.59 Å². The molecule has 0 atom stereocenters. The highest BCUT2D eigenvalue weighted by Crippen LogP contribution is 2.15. The lowest BCUT2D eigenvalue weighted by Gasteiger charge is -2.13. The minimum absolute atomic E-state index is 0. The third kappa shape index (κ3) is 4.83. The van der Waals surface area contributed by atoms with Gasteiger partial charge in [-0.15, -0.1) is 12.4 Å². The van der Waals surface area contributed by atoms with Crippen LogP contribution in [-0.2, 0) is 24.3 Å². The van der Waals surface area contributed by atoms with Crippen LogP contribution in [0, 0.1) is 0 Å². The summed E-state index contributed by atoms with van der Waals surface area (Å²) >= 11 is 0. The Morgan fingerprint density at radius 3 is 2.73 bits per heavy atom. The fourth-order valence-electron chi connectivity index (χ4n) is 2.84. The second-order valence-corrected chi connectivity index (χ2v) is 6.13. The number of rotatable bonds is 6. The largest absolute Gasteiger partial charge is 0.347 e. The topological polar surface area (TPSA) is 98.9 Å². The fourth-order valence-corrected chi connectivity index (χ4v) is 2.84. The quantitative estimate of drug-likeness (QED) is 0.619. The molecule has 26 heavy (non-hydrogen) atoms. The molecule has 1 aliphatic rings. The maximum Gasteiger partial charge on any atom is 0.272 e. The van der Waals surface area contributed by atoms with Crippen LogP contribution in [0.4, 0.5) is 5.69 Å². The van der Waals surface area contributed by atoms with E-state index in [1.807, 2.05) is 31.2 Å². The molecule has 0 spiro atoms. The van der Waals surface area contributed by atoms with E-state index in [0.29, 0.717) is 25.2 Å². The molecule has 0 aliphatic carbocycles. The van der Waals surface area contributed by atoms with Crippen LogP contribution in [0.5, 0.6) is 0 Å². The third-order valence-electron chi connectivity index (χ3n) is 4.19. The van der Waals surface area contributed by atoms with Crippen molar-refractivity contribution < 1.29 is 9.59 Å². The van der Waals surface area contributed by atoms with Crippen molar-refractivity contribution in [2.45, 2.75) is 39.3 Å². The van der Waals surface area contributed by atoms with Crippen molar-refractivity contribution in [3.05, 3.63) is 46.8 Å². The SMILES string of the molecule is CCCC(=O)Nc1ccc(CNC(=O)c2n[nH]c3c2CNCC3)cc1.Cl. The van der Waals surface area contributed by atoms with Gasteiger partial charge < -0.3 is 16.0 Å². The minimum atomic E-state index is -0.179. The van der Waals surface area contributed by atoms with Gasteiger partial charge in [0.05, 0.1) is 0 Å². The number of halogens is 1. The first-order valence-electron chi connectivity index (χ1n) is 8.61. The summed E-state index contributed by atoms with van der Waals surface area (Å²) in [5.74, 6) is -0.165. The molecule has 7 nitrogen and oxygen atoms in total. The lowest BCUT2D eigenvalue weighted by Crippen LogP contribution is -2.28. The molecular formula is C18H24ClN5O2. The smallest absolute Gasteiger partial charge is 0.272 e. The van der Waals surface area contributed by atoms with Gasteiger partial charge in [0.1, 0.15) is 0 Å². The average molecular weight is 378 g/mol. The molecular weight excluding hydrogens is 354 g/mol. The molecule has 0 saturated heterocycles. The molecule has 0 bridgehead atoms. The number of nitrogens with one attached hydrogen (secondary N) is 4. The van der Waals surface area contributed by atoms with Gasteiger partial charge in [-0.3, -0.25) is 14.7 Å². The van der Waals surface area contributed by atoms with Crippen LogP contribution in [0.1, 0.15) is 47.1 Å². The van der Waals surface area contributed by atoms with Gasteiger partial charge in [-0.25, -0.2) is 0 Å². The predicted octanol–water partition coefficient (Wildman–Crippen LogP) is 2.15. The maximum absolute atomic E-state index is 12.4. The van der Waals surface area contributed by atoms with Crippen LogP contribution in [0.2, 0.25) is 0 Å². The van der Waals surface area contributed by atoms with Crippen molar-refractivity contribution in [2.75, 3.05) is 11.9 Å². The van der Waals surface area contributed by atoms with Gasteiger partial charge in [-0.1, -0.05) is 19.1 Å². The molecule has 1 aliphatic heterocycles. The van der Waals surface area contributed by atoms with Crippen LogP contribution in [0.15, 0.2) is 24.3 Å². The molecule has 4 N–H and O–H groups in total. The highest BCUT2D eigenvalue weighted by atomic mass is 35.5. The van der Waals surface area contributed by atoms with E-state index in [4.69, 9.17) is 0 Å². The van der Waals surface area contributed by atoms with Gasteiger partial charge in [-0.05, 0) is 24.1 Å². The van der Waals surface area contributed by atoms with Crippen molar-refractivity contribution in [2.24, 2.45) is 0 Å². The summed E-state index contributed by atoms with van der Waals surface area (Å²) < 4.78 is 0. The number of amides is 2. The number of anilines is 1. The maximum atomic E-state index is 12.4. The Balaban J connectivity index is 0.00000243.